The van der Waals surface area contributed by atoms with Crippen LogP contribution in [-0.2, 0) is 6.54 Å². The maximum Gasteiger partial charge on any atom is 0.211 e. The SMILES string of the molecule is COc1ccc(CN2C[C@@H](C3CC3)Oc3ccc(O)nc3[C@@H]2C)cc1. The standard InChI is InChI=1S/C20H24N2O3/c1-13-20-17(9-10-19(23)21-20)25-18(15-5-6-15)12-22(13)11-14-3-7-16(24-2)8-4-14/h3-4,7-10,13,15,18H,5-6,11-12H2,1-2H3,(H,21,23)/t13-,18-/m0/s1. The predicted molar refractivity (Wildman–Crippen MR) is 94.9 cm³/mol. The Morgan fingerprint density at radius 2 is 1.96 bits per heavy atom. The zero-order valence-electron chi connectivity index (χ0n) is 14.7. The second kappa shape index (κ2) is 6.56. The summed E-state index contributed by atoms with van der Waals surface area (Å²) in [6, 6.07) is 11.7. The molecule has 0 unspecified atom stereocenters. The fraction of sp³-hybridized carbons (Fsp3) is 0.450. The molecule has 1 saturated carbocycles. The summed E-state index contributed by atoms with van der Waals surface area (Å²) in [6.07, 6.45) is 2.65. The summed E-state index contributed by atoms with van der Waals surface area (Å²) < 4.78 is 11.5. The van der Waals surface area contributed by atoms with Crippen molar-refractivity contribution in [1.82, 2.24) is 9.88 Å². The number of benzene rings is 1. The molecule has 5 heteroatoms. The van der Waals surface area contributed by atoms with Gasteiger partial charge in [-0.2, -0.15) is 0 Å². The number of aromatic nitrogens is 1. The van der Waals surface area contributed by atoms with Crippen LogP contribution < -0.4 is 9.47 Å². The minimum Gasteiger partial charge on any atom is -0.497 e. The van der Waals surface area contributed by atoms with Crippen LogP contribution in [0.4, 0.5) is 0 Å². The molecule has 5 nitrogen and oxygen atoms in total. The van der Waals surface area contributed by atoms with Gasteiger partial charge in [-0.3, -0.25) is 4.90 Å². The molecule has 1 N–H and O–H groups in total. The third-order valence-electron chi connectivity index (χ3n) is 5.20. The molecule has 0 radical (unpaired) electrons. The molecule has 1 aliphatic carbocycles. The number of aromatic hydroxyl groups is 1. The molecule has 0 saturated heterocycles. The summed E-state index contributed by atoms with van der Waals surface area (Å²) in [7, 11) is 1.68. The number of rotatable bonds is 4. The lowest BCUT2D eigenvalue weighted by molar-refractivity contribution is 0.109. The molecule has 0 spiro atoms. The van der Waals surface area contributed by atoms with Gasteiger partial charge >= 0.3 is 0 Å². The smallest absolute Gasteiger partial charge is 0.211 e. The van der Waals surface area contributed by atoms with Crippen LogP contribution in [-0.4, -0.2) is 34.7 Å². The van der Waals surface area contributed by atoms with Gasteiger partial charge in [-0.15, -0.1) is 0 Å². The minimum atomic E-state index is 0.0449. The maximum atomic E-state index is 9.82. The third kappa shape index (κ3) is 3.42. The van der Waals surface area contributed by atoms with Gasteiger partial charge in [-0.1, -0.05) is 12.1 Å². The fourth-order valence-electron chi connectivity index (χ4n) is 3.49. The van der Waals surface area contributed by atoms with E-state index in [1.54, 1.807) is 13.2 Å². The first-order valence-corrected chi connectivity index (χ1v) is 8.87. The van der Waals surface area contributed by atoms with Crippen LogP contribution in [0, 0.1) is 5.92 Å². The van der Waals surface area contributed by atoms with Gasteiger partial charge in [0, 0.05) is 19.2 Å². The molecule has 0 bridgehead atoms. The molecule has 2 aliphatic rings. The quantitative estimate of drug-likeness (QED) is 0.923. The summed E-state index contributed by atoms with van der Waals surface area (Å²) in [5.41, 5.74) is 2.04. The molecular weight excluding hydrogens is 316 g/mol. The first-order valence-electron chi connectivity index (χ1n) is 8.87. The summed E-state index contributed by atoms with van der Waals surface area (Å²) in [5, 5.41) is 9.82. The average molecular weight is 340 g/mol. The summed E-state index contributed by atoms with van der Waals surface area (Å²) >= 11 is 0. The van der Waals surface area contributed by atoms with Crippen molar-refractivity contribution < 1.29 is 14.6 Å². The highest BCUT2D eigenvalue weighted by atomic mass is 16.5. The topological polar surface area (TPSA) is 54.8 Å². The molecular formula is C20H24N2O3. The molecule has 1 fully saturated rings. The summed E-state index contributed by atoms with van der Waals surface area (Å²) in [5.74, 6) is 2.34. The number of nitrogens with zero attached hydrogens (tertiary/aromatic N) is 2. The van der Waals surface area contributed by atoms with Gasteiger partial charge in [0.1, 0.15) is 23.3 Å². The molecule has 2 atom stereocenters. The number of pyridine rings is 1. The zero-order chi connectivity index (χ0) is 17.4. The fourth-order valence-corrected chi connectivity index (χ4v) is 3.49. The van der Waals surface area contributed by atoms with E-state index in [0.29, 0.717) is 5.92 Å². The van der Waals surface area contributed by atoms with E-state index in [4.69, 9.17) is 9.47 Å². The van der Waals surface area contributed by atoms with Crippen molar-refractivity contribution in [1.29, 1.82) is 0 Å². The van der Waals surface area contributed by atoms with Gasteiger partial charge in [0.25, 0.3) is 0 Å². The second-order valence-electron chi connectivity index (χ2n) is 7.00. The van der Waals surface area contributed by atoms with Crippen molar-refractivity contribution in [3.63, 3.8) is 0 Å². The van der Waals surface area contributed by atoms with E-state index >= 15 is 0 Å². The lowest BCUT2D eigenvalue weighted by atomic mass is 10.1. The van der Waals surface area contributed by atoms with Gasteiger partial charge in [0.2, 0.25) is 5.88 Å². The van der Waals surface area contributed by atoms with Crippen LogP contribution in [0.3, 0.4) is 0 Å². The van der Waals surface area contributed by atoms with Crippen LogP contribution in [0.15, 0.2) is 36.4 Å². The highest BCUT2D eigenvalue weighted by molar-refractivity contribution is 5.35. The van der Waals surface area contributed by atoms with Crippen LogP contribution in [0.2, 0.25) is 0 Å². The second-order valence-corrected chi connectivity index (χ2v) is 7.00. The highest BCUT2D eigenvalue weighted by Gasteiger charge is 2.38. The van der Waals surface area contributed by atoms with Crippen molar-refractivity contribution in [3.8, 4) is 17.4 Å². The molecule has 1 aliphatic heterocycles. The summed E-state index contributed by atoms with van der Waals surface area (Å²) in [6.45, 7) is 3.82. The van der Waals surface area contributed by atoms with Crippen molar-refractivity contribution in [2.45, 2.75) is 38.5 Å². The van der Waals surface area contributed by atoms with Crippen LogP contribution >= 0.6 is 0 Å². The molecule has 25 heavy (non-hydrogen) atoms. The van der Waals surface area contributed by atoms with E-state index in [1.165, 1.54) is 18.4 Å². The Morgan fingerprint density at radius 3 is 2.64 bits per heavy atom. The molecule has 1 aromatic carbocycles. The van der Waals surface area contributed by atoms with E-state index < -0.39 is 0 Å². The van der Waals surface area contributed by atoms with Crippen LogP contribution in [0.1, 0.15) is 37.1 Å². The molecule has 4 rings (SSSR count). The normalized spacial score (nSPS) is 23.4. The minimum absolute atomic E-state index is 0.0449. The predicted octanol–water partition coefficient (Wildman–Crippen LogP) is 3.53. The van der Waals surface area contributed by atoms with Gasteiger partial charge in [-0.05, 0) is 49.4 Å². The Hall–Kier alpha value is -2.27. The van der Waals surface area contributed by atoms with Gasteiger partial charge < -0.3 is 14.6 Å². The number of hydrogen-bond donors (Lipinski definition) is 1. The van der Waals surface area contributed by atoms with Crippen molar-refractivity contribution in [2.75, 3.05) is 13.7 Å². The lowest BCUT2D eigenvalue weighted by Crippen LogP contribution is -2.35. The van der Waals surface area contributed by atoms with E-state index in [2.05, 4.69) is 28.9 Å². The van der Waals surface area contributed by atoms with Gasteiger partial charge in [-0.25, -0.2) is 4.98 Å². The van der Waals surface area contributed by atoms with Crippen LogP contribution in [0.5, 0.6) is 17.4 Å². The first-order chi connectivity index (χ1) is 12.1. The van der Waals surface area contributed by atoms with E-state index in [9.17, 15) is 5.11 Å². The number of ether oxygens (including phenoxy) is 2. The Kier molecular flexibility index (Phi) is 4.25. The molecule has 2 heterocycles. The Balaban J connectivity index is 1.62. The number of hydrogen-bond acceptors (Lipinski definition) is 5. The Labute approximate surface area is 148 Å². The van der Waals surface area contributed by atoms with Crippen molar-refractivity contribution in [2.24, 2.45) is 5.92 Å². The number of fused-ring (bicyclic) bond motifs is 1. The summed E-state index contributed by atoms with van der Waals surface area (Å²) in [4.78, 5) is 6.75. The maximum absolute atomic E-state index is 9.82. The van der Waals surface area contributed by atoms with Gasteiger partial charge in [0.15, 0.2) is 0 Å². The van der Waals surface area contributed by atoms with E-state index in [1.807, 2.05) is 18.2 Å². The van der Waals surface area contributed by atoms with E-state index in [-0.39, 0.29) is 18.0 Å². The highest BCUT2D eigenvalue weighted by Crippen LogP contribution is 2.41. The average Bonchev–Trinajstić information content (AvgIpc) is 3.46. The lowest BCUT2D eigenvalue weighted by Gasteiger charge is -2.28. The molecule has 1 aromatic heterocycles. The Bertz CT molecular complexity index is 743. The zero-order valence-corrected chi connectivity index (χ0v) is 14.7. The van der Waals surface area contributed by atoms with E-state index in [0.717, 1.165) is 30.3 Å². The third-order valence-corrected chi connectivity index (χ3v) is 5.20. The van der Waals surface area contributed by atoms with Crippen molar-refractivity contribution >= 4 is 0 Å². The molecule has 0 amide bonds. The Morgan fingerprint density at radius 1 is 1.20 bits per heavy atom. The monoisotopic (exact) mass is 340 g/mol. The van der Waals surface area contributed by atoms with Crippen LogP contribution in [0.25, 0.3) is 0 Å². The van der Waals surface area contributed by atoms with Gasteiger partial charge in [0.05, 0.1) is 13.2 Å². The largest absolute Gasteiger partial charge is 0.497 e. The molecule has 132 valence electrons. The first kappa shape index (κ1) is 16.2. The molecule has 2 aromatic rings. The number of methoxy groups -OCH3 is 1. The van der Waals surface area contributed by atoms with Crippen molar-refractivity contribution in [3.05, 3.63) is 47.7 Å².